The SMILES string of the molecule is CC1(C)c2ccccc2-c2ccc3c(c21)c1ccccc1n3-c1cccc(-c2nc(-c3ccccc3)n[c]3c2-c2cccc[c]2[Ge]3([c]2ccccc2)[c]2ccccc2)c1. The minimum absolute atomic E-state index is 0.139. The molecular weight excluding hydrogens is 775 g/mol. The van der Waals surface area contributed by atoms with E-state index in [0.717, 1.165) is 33.9 Å². The Kier molecular flexibility index (Phi) is 7.45. The molecule has 8 aromatic carbocycles. The molecule has 0 amide bonds. The first-order valence-corrected chi connectivity index (χ1v) is 24.7. The van der Waals surface area contributed by atoms with Gasteiger partial charge in [0, 0.05) is 0 Å². The van der Waals surface area contributed by atoms with Crippen molar-refractivity contribution in [2.75, 3.05) is 0 Å². The second-order valence-corrected chi connectivity index (χ2v) is 24.2. The van der Waals surface area contributed by atoms with Gasteiger partial charge in [-0.2, -0.15) is 0 Å². The summed E-state index contributed by atoms with van der Waals surface area (Å²) in [4.78, 5) is 11.3. The first-order chi connectivity index (χ1) is 29.0. The molecule has 0 radical (unpaired) electrons. The van der Waals surface area contributed by atoms with Crippen LogP contribution in [0, 0.1) is 0 Å². The zero-order valence-electron chi connectivity index (χ0n) is 32.9. The van der Waals surface area contributed by atoms with Crippen LogP contribution < -0.4 is 17.7 Å². The van der Waals surface area contributed by atoms with Crippen LogP contribution in [0.15, 0.2) is 200 Å². The Labute approximate surface area is 346 Å². The van der Waals surface area contributed by atoms with E-state index in [1.54, 1.807) is 0 Å². The van der Waals surface area contributed by atoms with E-state index < -0.39 is 13.3 Å². The Bertz CT molecular complexity index is 3250. The molecule has 0 N–H and O–H groups in total. The Hall–Kier alpha value is -6.82. The molecule has 3 heterocycles. The zero-order chi connectivity index (χ0) is 39.3. The van der Waals surface area contributed by atoms with E-state index in [9.17, 15) is 0 Å². The molecule has 12 rings (SSSR count). The first kappa shape index (κ1) is 34.2. The summed E-state index contributed by atoms with van der Waals surface area (Å²) in [6.45, 7) is 4.77. The van der Waals surface area contributed by atoms with Gasteiger partial charge >= 0.3 is 324 Å². The molecule has 1 aliphatic heterocycles. The van der Waals surface area contributed by atoms with Crippen LogP contribution in [0.2, 0.25) is 0 Å². The summed E-state index contributed by atoms with van der Waals surface area (Å²) in [6, 6.07) is 73.6. The summed E-state index contributed by atoms with van der Waals surface area (Å²) in [5, 5.41) is 2.61. The predicted molar refractivity (Wildman–Crippen MR) is 247 cm³/mol. The summed E-state index contributed by atoms with van der Waals surface area (Å²) in [5.41, 5.74) is 14.3. The standard InChI is InChI=1S/C55H39GeN3/c1-55(2)45-30-15-12-27-41(45)42-33-34-48-49(51(42)55)44-29-14-17-32-47(44)59(48)40-26-18-21-37(35-40)52-50-43-28-13-16-31-46(43)56(38-22-8-4-9-23-38,39-24-10-5-11-25-39)53(50)58-54(57-52)36-19-6-3-7-20-36/h3-35H,1-2H3. The molecule has 4 heteroatoms. The predicted octanol–water partition coefficient (Wildman–Crippen LogP) is 10.6. The Morgan fingerprint density at radius 3 is 1.88 bits per heavy atom. The van der Waals surface area contributed by atoms with Crippen LogP contribution in [0.5, 0.6) is 0 Å². The summed E-state index contributed by atoms with van der Waals surface area (Å²) in [7, 11) is 0. The van der Waals surface area contributed by atoms with Crippen LogP contribution in [-0.4, -0.2) is 27.8 Å². The number of fused-ring (bicyclic) bond motifs is 10. The third-order valence-electron chi connectivity index (χ3n) is 13.0. The summed E-state index contributed by atoms with van der Waals surface area (Å²) in [5.74, 6) is 0.758. The van der Waals surface area contributed by atoms with Crippen molar-refractivity contribution in [3.05, 3.63) is 211 Å². The van der Waals surface area contributed by atoms with Gasteiger partial charge in [-0.15, -0.1) is 0 Å². The van der Waals surface area contributed by atoms with Gasteiger partial charge in [0.25, 0.3) is 0 Å². The number of aromatic nitrogens is 3. The number of nitrogens with zero attached hydrogens (tertiary/aromatic N) is 3. The summed E-state index contributed by atoms with van der Waals surface area (Å²) in [6.07, 6.45) is 0. The molecule has 10 aromatic rings. The molecule has 0 atom stereocenters. The van der Waals surface area contributed by atoms with Crippen molar-refractivity contribution in [3.63, 3.8) is 0 Å². The fourth-order valence-corrected chi connectivity index (χ4v) is 21.1. The topological polar surface area (TPSA) is 30.7 Å². The number of benzene rings is 8. The van der Waals surface area contributed by atoms with Crippen molar-refractivity contribution >= 4 is 52.8 Å². The molecule has 2 aromatic heterocycles. The van der Waals surface area contributed by atoms with Crippen LogP contribution >= 0.6 is 0 Å². The molecule has 0 saturated carbocycles. The average molecular weight is 815 g/mol. The van der Waals surface area contributed by atoms with Gasteiger partial charge in [0.05, 0.1) is 0 Å². The van der Waals surface area contributed by atoms with Crippen LogP contribution in [0.1, 0.15) is 25.0 Å². The second-order valence-electron chi connectivity index (χ2n) is 16.5. The van der Waals surface area contributed by atoms with Crippen LogP contribution in [0.25, 0.3) is 72.4 Å². The maximum absolute atomic E-state index is 5.72. The van der Waals surface area contributed by atoms with E-state index >= 15 is 0 Å². The molecular formula is C55H39GeN3. The van der Waals surface area contributed by atoms with Gasteiger partial charge in [0.1, 0.15) is 0 Å². The van der Waals surface area contributed by atoms with Gasteiger partial charge in [0.15, 0.2) is 0 Å². The number of hydrogen-bond donors (Lipinski definition) is 0. The molecule has 0 bridgehead atoms. The Balaban J connectivity index is 1.15. The van der Waals surface area contributed by atoms with Crippen LogP contribution in [-0.2, 0) is 5.41 Å². The summed E-state index contributed by atoms with van der Waals surface area (Å²) >= 11 is -3.68. The van der Waals surface area contributed by atoms with Gasteiger partial charge in [-0.3, -0.25) is 0 Å². The van der Waals surface area contributed by atoms with Crippen molar-refractivity contribution in [3.8, 4) is 50.6 Å². The van der Waals surface area contributed by atoms with Gasteiger partial charge in [0.2, 0.25) is 0 Å². The van der Waals surface area contributed by atoms with E-state index in [0.29, 0.717) is 0 Å². The molecule has 59 heavy (non-hydrogen) atoms. The third kappa shape index (κ3) is 4.77. The van der Waals surface area contributed by atoms with Gasteiger partial charge in [-0.25, -0.2) is 0 Å². The van der Waals surface area contributed by atoms with E-state index in [1.807, 2.05) is 0 Å². The number of rotatable bonds is 5. The van der Waals surface area contributed by atoms with Crippen molar-refractivity contribution in [1.29, 1.82) is 0 Å². The fraction of sp³-hybridized carbons (Fsp3) is 0.0545. The molecule has 0 spiro atoms. The van der Waals surface area contributed by atoms with E-state index in [-0.39, 0.29) is 5.41 Å². The average Bonchev–Trinajstić information content (AvgIpc) is 3.88. The normalized spacial score (nSPS) is 14.2. The third-order valence-corrected chi connectivity index (χ3v) is 22.9. The Morgan fingerprint density at radius 2 is 1.12 bits per heavy atom. The molecule has 2 aliphatic rings. The van der Waals surface area contributed by atoms with E-state index in [2.05, 4.69) is 219 Å². The maximum atomic E-state index is 5.72. The number of hydrogen-bond acceptors (Lipinski definition) is 2. The molecule has 0 fully saturated rings. The quantitative estimate of drug-likeness (QED) is 0.162. The molecule has 278 valence electrons. The fourth-order valence-electron chi connectivity index (χ4n) is 10.6. The summed E-state index contributed by atoms with van der Waals surface area (Å²) < 4.78 is 7.79. The van der Waals surface area contributed by atoms with Gasteiger partial charge < -0.3 is 0 Å². The molecule has 0 unspecified atom stereocenters. The zero-order valence-corrected chi connectivity index (χ0v) is 35.0. The van der Waals surface area contributed by atoms with Gasteiger partial charge in [-0.05, 0) is 0 Å². The first-order valence-electron chi connectivity index (χ1n) is 20.5. The molecule has 0 saturated heterocycles. The van der Waals surface area contributed by atoms with E-state index in [4.69, 9.17) is 9.97 Å². The van der Waals surface area contributed by atoms with Crippen LogP contribution in [0.4, 0.5) is 0 Å². The van der Waals surface area contributed by atoms with Gasteiger partial charge in [-0.1, -0.05) is 24.3 Å². The van der Waals surface area contributed by atoms with Crippen molar-refractivity contribution in [1.82, 2.24) is 14.5 Å². The molecule has 3 nitrogen and oxygen atoms in total. The monoisotopic (exact) mass is 815 g/mol. The van der Waals surface area contributed by atoms with E-state index in [1.165, 1.54) is 67.3 Å². The second kappa shape index (κ2) is 12.8. The van der Waals surface area contributed by atoms with Crippen LogP contribution in [0.3, 0.4) is 0 Å². The number of para-hydroxylation sites is 1. The van der Waals surface area contributed by atoms with Crippen molar-refractivity contribution in [2.24, 2.45) is 0 Å². The molecule has 1 aliphatic carbocycles. The van der Waals surface area contributed by atoms with Crippen molar-refractivity contribution in [2.45, 2.75) is 19.3 Å². The Morgan fingerprint density at radius 1 is 0.492 bits per heavy atom. The minimum atomic E-state index is -3.68. The van der Waals surface area contributed by atoms with Crippen molar-refractivity contribution < 1.29 is 0 Å².